The maximum Gasteiger partial charge on any atom is 0.328 e. The third-order valence-corrected chi connectivity index (χ3v) is 6.94. The molecule has 0 saturated heterocycles. The number of Topliss-reactive ketones (excluding diaryl/α,β-unsaturated/α-hetero) is 1. The van der Waals surface area contributed by atoms with E-state index in [4.69, 9.17) is 4.74 Å². The number of unbranched alkanes of at least 4 members (excludes halogenated alkanes) is 5. The van der Waals surface area contributed by atoms with Crippen molar-refractivity contribution >= 4 is 17.7 Å². The van der Waals surface area contributed by atoms with E-state index in [1.165, 1.54) is 19.8 Å². The predicted molar refractivity (Wildman–Crippen MR) is 140 cm³/mol. The van der Waals surface area contributed by atoms with E-state index in [0.29, 0.717) is 44.9 Å². The Morgan fingerprint density at radius 3 is 2.42 bits per heavy atom. The van der Waals surface area contributed by atoms with E-state index < -0.39 is 29.3 Å². The molecule has 0 aliphatic heterocycles. The molecule has 3 N–H and O–H groups in total. The van der Waals surface area contributed by atoms with Crippen LogP contribution >= 0.6 is 0 Å². The zero-order valence-electron chi connectivity index (χ0n) is 22.8. The number of hydrogen-bond donors (Lipinski definition) is 3. The number of allylic oxidation sites excluding steroid dienone is 2. The monoisotopic (exact) mass is 542 g/mol. The van der Waals surface area contributed by atoms with Crippen molar-refractivity contribution in [3.05, 3.63) is 22.3 Å². The van der Waals surface area contributed by atoms with Gasteiger partial charge in [0.05, 0.1) is 12.2 Å². The lowest BCUT2D eigenvalue weighted by Gasteiger charge is -2.22. The number of aliphatic hydroxyl groups excluding tert-OH is 2. The normalized spacial score (nSPS) is 21.8. The van der Waals surface area contributed by atoms with Gasteiger partial charge in [-0.2, -0.15) is 0 Å². The molecule has 0 heterocycles. The number of nitrogens with zero attached hydrogens (tertiary/aromatic N) is 1. The Kier molecular flexibility index (Phi) is 17.2. The second kappa shape index (κ2) is 19.5. The zero-order chi connectivity index (χ0) is 28.3. The minimum absolute atomic E-state index is 0.0930. The van der Waals surface area contributed by atoms with Gasteiger partial charge in [0, 0.05) is 19.3 Å². The van der Waals surface area contributed by atoms with Crippen LogP contribution in [0.15, 0.2) is 12.2 Å². The van der Waals surface area contributed by atoms with Crippen LogP contribution in [0.4, 0.5) is 0 Å². The highest BCUT2D eigenvalue weighted by Gasteiger charge is 2.40. The molecule has 1 unspecified atom stereocenters. The van der Waals surface area contributed by atoms with Gasteiger partial charge in [-0.25, -0.2) is 4.79 Å². The number of aliphatic hydroxyl groups is 2. The first-order chi connectivity index (χ1) is 18.1. The van der Waals surface area contributed by atoms with Gasteiger partial charge >= 0.3 is 5.97 Å². The van der Waals surface area contributed by atoms with Gasteiger partial charge in [-0.1, -0.05) is 44.8 Å². The third kappa shape index (κ3) is 14.4. The molecule has 1 fully saturated rings. The fourth-order valence-electron chi connectivity index (χ4n) is 4.79. The fourth-order valence-corrected chi connectivity index (χ4v) is 4.79. The topological polar surface area (TPSA) is 165 Å². The third-order valence-electron chi connectivity index (χ3n) is 6.94. The average Bonchev–Trinajstić information content (AvgIpc) is 3.13. The highest BCUT2D eigenvalue weighted by Crippen LogP contribution is 2.38. The maximum atomic E-state index is 12.3. The number of rotatable bonds is 21. The van der Waals surface area contributed by atoms with E-state index in [1.54, 1.807) is 0 Å². The molecule has 0 radical (unpaired) electrons. The first kappa shape index (κ1) is 33.5. The van der Waals surface area contributed by atoms with Gasteiger partial charge in [-0.15, -0.1) is 10.1 Å². The molecule has 0 aromatic rings. The molecule has 11 heteroatoms. The van der Waals surface area contributed by atoms with Crippen LogP contribution in [0.5, 0.6) is 0 Å². The summed E-state index contributed by atoms with van der Waals surface area (Å²) < 4.78 is 4.80. The summed E-state index contributed by atoms with van der Waals surface area (Å²) in [7, 11) is 0. The number of ketones is 1. The molecule has 38 heavy (non-hydrogen) atoms. The Hall–Kier alpha value is -2.53. The molecular formula is C27H46N2O9. The Morgan fingerprint density at radius 2 is 1.71 bits per heavy atom. The van der Waals surface area contributed by atoms with Gasteiger partial charge in [-0.05, 0) is 57.3 Å². The first-order valence-corrected chi connectivity index (χ1v) is 13.9. The summed E-state index contributed by atoms with van der Waals surface area (Å²) in [5, 5.41) is 32.4. The molecule has 11 nitrogen and oxygen atoms in total. The van der Waals surface area contributed by atoms with Gasteiger partial charge in [0.25, 0.3) is 5.09 Å². The van der Waals surface area contributed by atoms with Crippen molar-refractivity contribution in [1.82, 2.24) is 5.32 Å². The van der Waals surface area contributed by atoms with Gasteiger partial charge in [0.1, 0.15) is 25.0 Å². The van der Waals surface area contributed by atoms with Crippen LogP contribution < -0.4 is 5.32 Å². The highest BCUT2D eigenvalue weighted by molar-refractivity contribution is 5.84. The number of nitrogens with one attached hydrogen (secondary N) is 1. The molecule has 1 saturated carbocycles. The van der Waals surface area contributed by atoms with Crippen molar-refractivity contribution in [2.24, 2.45) is 11.8 Å². The number of esters is 1. The lowest BCUT2D eigenvalue weighted by molar-refractivity contribution is -0.757. The summed E-state index contributed by atoms with van der Waals surface area (Å²) in [4.78, 5) is 50.2. The van der Waals surface area contributed by atoms with Crippen LogP contribution in [-0.2, 0) is 24.0 Å². The molecule has 218 valence electrons. The molecule has 1 rings (SSSR count). The molecule has 5 atom stereocenters. The van der Waals surface area contributed by atoms with E-state index in [1.807, 2.05) is 12.2 Å². The molecule has 0 aromatic carbocycles. The highest BCUT2D eigenvalue weighted by atomic mass is 17.0. The van der Waals surface area contributed by atoms with Crippen LogP contribution in [0.3, 0.4) is 0 Å². The van der Waals surface area contributed by atoms with Gasteiger partial charge in [0.15, 0.2) is 0 Å². The number of carbonyl (C=O) groups is 3. The van der Waals surface area contributed by atoms with E-state index in [-0.39, 0.29) is 43.2 Å². The SMILES string of the molecule is CCCCCCCC(=O)CC[C@@H]1[C@@H](C/C=C\CCCC(=O)NC(C)C(=O)OCCO[N+](=O)[O-])[C@@H](O)C[C@H]1O. The number of carbonyl (C=O) groups excluding carboxylic acids is 3. The Balaban J connectivity index is 2.27. The van der Waals surface area contributed by atoms with Crippen molar-refractivity contribution in [3.63, 3.8) is 0 Å². The maximum absolute atomic E-state index is 12.3. The molecule has 0 bridgehead atoms. The Bertz CT molecular complexity index is 759. The second-order valence-corrected chi connectivity index (χ2v) is 10.1. The summed E-state index contributed by atoms with van der Waals surface area (Å²) in [5.74, 6) is -0.977. The molecule has 1 aliphatic carbocycles. The number of amides is 1. The average molecular weight is 543 g/mol. The van der Waals surface area contributed by atoms with Crippen molar-refractivity contribution in [3.8, 4) is 0 Å². The van der Waals surface area contributed by atoms with Crippen LogP contribution in [0.1, 0.15) is 97.3 Å². The number of hydrogen-bond acceptors (Lipinski definition) is 9. The summed E-state index contributed by atoms with van der Waals surface area (Å²) in [6.45, 7) is 2.97. The lowest BCUT2D eigenvalue weighted by Crippen LogP contribution is -2.39. The predicted octanol–water partition coefficient (Wildman–Crippen LogP) is 3.43. The van der Waals surface area contributed by atoms with Gasteiger partial charge < -0.3 is 25.1 Å². The summed E-state index contributed by atoms with van der Waals surface area (Å²) in [6.07, 6.45) is 12.2. The molecule has 0 aromatic heterocycles. The van der Waals surface area contributed by atoms with Gasteiger partial charge in [0.2, 0.25) is 5.91 Å². The summed E-state index contributed by atoms with van der Waals surface area (Å²) in [5.41, 5.74) is 0. The van der Waals surface area contributed by atoms with E-state index in [2.05, 4.69) is 17.1 Å². The second-order valence-electron chi connectivity index (χ2n) is 10.1. The minimum atomic E-state index is -0.981. The molecule has 1 aliphatic rings. The van der Waals surface area contributed by atoms with Gasteiger partial charge in [-0.3, -0.25) is 9.59 Å². The largest absolute Gasteiger partial charge is 0.462 e. The van der Waals surface area contributed by atoms with Crippen LogP contribution in [0, 0.1) is 22.0 Å². The quantitative estimate of drug-likeness (QED) is 0.0647. The Labute approximate surface area is 225 Å². The standard InChI is InChI=1S/C27H46N2O9/c1-3-4-5-6-9-12-21(30)15-16-23-22(24(31)19-25(23)32)13-10-7-8-11-14-26(33)28-20(2)27(34)37-17-18-38-29(35)36/h7,10,20,22-25,31-32H,3-6,8-9,11-19H2,1-2H3,(H,28,33)/b10-7-/t20?,22-,23-,24+,25-/m1/s1. The van der Waals surface area contributed by atoms with Crippen LogP contribution in [0.2, 0.25) is 0 Å². The van der Waals surface area contributed by atoms with Crippen molar-refractivity contribution < 1.29 is 39.3 Å². The zero-order valence-corrected chi connectivity index (χ0v) is 22.8. The van der Waals surface area contributed by atoms with E-state index >= 15 is 0 Å². The number of ether oxygens (including phenoxy) is 1. The van der Waals surface area contributed by atoms with E-state index in [9.17, 15) is 34.7 Å². The molecule has 0 spiro atoms. The van der Waals surface area contributed by atoms with Crippen LogP contribution in [0.25, 0.3) is 0 Å². The molecular weight excluding hydrogens is 496 g/mol. The van der Waals surface area contributed by atoms with Crippen LogP contribution in [-0.4, -0.2) is 64.4 Å². The van der Waals surface area contributed by atoms with Crippen molar-refractivity contribution in [1.29, 1.82) is 0 Å². The molecule has 1 amide bonds. The minimum Gasteiger partial charge on any atom is -0.462 e. The fraction of sp³-hybridized carbons (Fsp3) is 0.815. The first-order valence-electron chi connectivity index (χ1n) is 13.9. The smallest absolute Gasteiger partial charge is 0.328 e. The lowest BCUT2D eigenvalue weighted by atomic mass is 9.86. The summed E-state index contributed by atoms with van der Waals surface area (Å²) >= 11 is 0. The van der Waals surface area contributed by atoms with Crippen molar-refractivity contribution in [2.75, 3.05) is 13.2 Å². The summed E-state index contributed by atoms with van der Waals surface area (Å²) in [6, 6.07) is -0.881. The Morgan fingerprint density at radius 1 is 1.00 bits per heavy atom. The van der Waals surface area contributed by atoms with E-state index in [0.717, 1.165) is 19.3 Å². The van der Waals surface area contributed by atoms with Crippen molar-refractivity contribution in [2.45, 2.75) is 116 Å².